The van der Waals surface area contributed by atoms with Crippen LogP contribution in [0.25, 0.3) is 0 Å². The number of hydrogen-bond donors (Lipinski definition) is 1. The number of nitrogens with one attached hydrogen (secondary N) is 1. The summed E-state index contributed by atoms with van der Waals surface area (Å²) < 4.78 is 12.3. The lowest BCUT2D eigenvalue weighted by atomic mass is 10.1. The van der Waals surface area contributed by atoms with E-state index in [0.29, 0.717) is 30.2 Å². The van der Waals surface area contributed by atoms with E-state index < -0.39 is 0 Å². The fourth-order valence-corrected chi connectivity index (χ4v) is 3.14. The third-order valence-electron chi connectivity index (χ3n) is 4.26. The van der Waals surface area contributed by atoms with Gasteiger partial charge in [-0.1, -0.05) is 53.2 Å². The Morgan fingerprint density at radius 2 is 1.69 bits per heavy atom. The van der Waals surface area contributed by atoms with Crippen LogP contribution in [0.3, 0.4) is 0 Å². The lowest BCUT2D eigenvalue weighted by Crippen LogP contribution is -2.14. The fraction of sp³-hybridized carbons (Fsp3) is 0.208. The van der Waals surface area contributed by atoms with Gasteiger partial charge in [-0.3, -0.25) is 4.79 Å². The van der Waals surface area contributed by atoms with Gasteiger partial charge in [-0.05, 0) is 54.4 Å². The van der Waals surface area contributed by atoms with Crippen molar-refractivity contribution in [3.63, 3.8) is 0 Å². The topological polar surface area (TPSA) is 47.6 Å². The number of carbonyl (C=O) groups is 1. The van der Waals surface area contributed by atoms with Gasteiger partial charge in [-0.25, -0.2) is 0 Å². The molecule has 0 bridgehead atoms. The van der Waals surface area contributed by atoms with E-state index in [1.807, 2.05) is 55.5 Å². The van der Waals surface area contributed by atoms with Gasteiger partial charge in [0.1, 0.15) is 11.5 Å². The third-order valence-corrected chi connectivity index (χ3v) is 4.76. The van der Waals surface area contributed by atoms with Crippen LogP contribution < -0.4 is 14.8 Å². The van der Waals surface area contributed by atoms with E-state index in [9.17, 15) is 4.79 Å². The van der Waals surface area contributed by atoms with Gasteiger partial charge in [0.15, 0.2) is 0 Å². The first-order chi connectivity index (χ1) is 14.2. The quantitative estimate of drug-likeness (QED) is 0.424. The van der Waals surface area contributed by atoms with E-state index >= 15 is 0 Å². The van der Waals surface area contributed by atoms with E-state index in [1.165, 1.54) is 5.56 Å². The highest BCUT2D eigenvalue weighted by Gasteiger charge is 2.14. The van der Waals surface area contributed by atoms with Gasteiger partial charge >= 0.3 is 0 Å². The standard InChI is InChI=1S/C24H24BrNO3/c1-2-15-29-23-13-8-19(25)17-22(23)24(27)26-20-9-11-21(12-10-20)28-16-14-18-6-4-3-5-7-18/h3-13,17H,2,14-16H2,1H3,(H,26,27). The molecule has 0 unspecified atom stereocenters. The zero-order chi connectivity index (χ0) is 20.5. The number of rotatable bonds is 9. The fourth-order valence-electron chi connectivity index (χ4n) is 2.78. The summed E-state index contributed by atoms with van der Waals surface area (Å²) in [5.74, 6) is 1.14. The summed E-state index contributed by atoms with van der Waals surface area (Å²) in [6.07, 6.45) is 1.73. The third kappa shape index (κ3) is 6.36. The second-order valence-electron chi connectivity index (χ2n) is 6.55. The molecular weight excluding hydrogens is 430 g/mol. The number of hydrogen-bond acceptors (Lipinski definition) is 3. The second kappa shape index (κ2) is 10.7. The monoisotopic (exact) mass is 453 g/mol. The van der Waals surface area contributed by atoms with E-state index in [1.54, 1.807) is 12.1 Å². The highest BCUT2D eigenvalue weighted by atomic mass is 79.9. The molecule has 0 fully saturated rings. The Morgan fingerprint density at radius 3 is 2.41 bits per heavy atom. The van der Waals surface area contributed by atoms with E-state index in [0.717, 1.165) is 23.1 Å². The summed E-state index contributed by atoms with van der Waals surface area (Å²) in [5, 5.41) is 2.92. The molecule has 3 aromatic carbocycles. The molecule has 0 heterocycles. The Balaban J connectivity index is 1.58. The maximum Gasteiger partial charge on any atom is 0.259 e. The maximum atomic E-state index is 12.7. The van der Waals surface area contributed by atoms with Crippen LogP contribution in [-0.4, -0.2) is 19.1 Å². The Hall–Kier alpha value is -2.79. The normalized spacial score (nSPS) is 10.4. The number of benzene rings is 3. The average Bonchev–Trinajstić information content (AvgIpc) is 2.75. The first-order valence-electron chi connectivity index (χ1n) is 9.66. The van der Waals surface area contributed by atoms with Crippen molar-refractivity contribution in [3.05, 3.63) is 88.4 Å². The zero-order valence-corrected chi connectivity index (χ0v) is 17.9. The van der Waals surface area contributed by atoms with Crippen LogP contribution in [0.2, 0.25) is 0 Å². The van der Waals surface area contributed by atoms with E-state index in [2.05, 4.69) is 33.4 Å². The molecule has 0 aliphatic rings. The Bertz CT molecular complexity index is 927. The van der Waals surface area contributed by atoms with Gasteiger partial charge in [-0.15, -0.1) is 0 Å². The van der Waals surface area contributed by atoms with Gasteiger partial charge < -0.3 is 14.8 Å². The van der Waals surface area contributed by atoms with Crippen LogP contribution >= 0.6 is 15.9 Å². The summed E-state index contributed by atoms with van der Waals surface area (Å²) in [6.45, 7) is 3.20. The van der Waals surface area contributed by atoms with Crippen molar-refractivity contribution in [2.45, 2.75) is 19.8 Å². The zero-order valence-electron chi connectivity index (χ0n) is 16.4. The minimum absolute atomic E-state index is 0.213. The number of ether oxygens (including phenoxy) is 2. The van der Waals surface area contributed by atoms with Crippen molar-refractivity contribution in [3.8, 4) is 11.5 Å². The molecule has 0 aliphatic heterocycles. The molecule has 0 spiro atoms. The molecule has 3 rings (SSSR count). The number of halogens is 1. The van der Waals surface area contributed by atoms with Crippen LogP contribution in [0.1, 0.15) is 29.3 Å². The number of anilines is 1. The molecule has 0 aromatic heterocycles. The molecule has 0 atom stereocenters. The van der Waals surface area contributed by atoms with Crippen molar-refractivity contribution in [2.75, 3.05) is 18.5 Å². The van der Waals surface area contributed by atoms with Gasteiger partial charge in [0.2, 0.25) is 0 Å². The molecule has 0 radical (unpaired) electrons. The minimum atomic E-state index is -0.213. The first-order valence-corrected chi connectivity index (χ1v) is 10.5. The summed E-state index contributed by atoms with van der Waals surface area (Å²) in [4.78, 5) is 12.7. The molecule has 0 aliphatic carbocycles. The predicted octanol–water partition coefficient (Wildman–Crippen LogP) is 6.11. The van der Waals surface area contributed by atoms with Crippen molar-refractivity contribution >= 4 is 27.5 Å². The van der Waals surface area contributed by atoms with Crippen LogP contribution in [0.15, 0.2) is 77.3 Å². The molecule has 4 nitrogen and oxygen atoms in total. The molecule has 150 valence electrons. The van der Waals surface area contributed by atoms with Crippen LogP contribution in [0.5, 0.6) is 11.5 Å². The predicted molar refractivity (Wildman–Crippen MR) is 120 cm³/mol. The van der Waals surface area contributed by atoms with Crippen LogP contribution in [0, 0.1) is 0 Å². The summed E-state index contributed by atoms with van der Waals surface area (Å²) in [6, 6.07) is 23.0. The molecule has 1 amide bonds. The molecule has 3 aromatic rings. The smallest absolute Gasteiger partial charge is 0.259 e. The van der Waals surface area contributed by atoms with Crippen molar-refractivity contribution < 1.29 is 14.3 Å². The van der Waals surface area contributed by atoms with E-state index in [-0.39, 0.29) is 5.91 Å². The summed E-state index contributed by atoms with van der Waals surface area (Å²) in [5.41, 5.74) is 2.44. The van der Waals surface area contributed by atoms with Gasteiger partial charge in [-0.2, -0.15) is 0 Å². The Morgan fingerprint density at radius 1 is 0.931 bits per heavy atom. The highest BCUT2D eigenvalue weighted by molar-refractivity contribution is 9.10. The molecule has 0 saturated heterocycles. The molecular formula is C24H24BrNO3. The van der Waals surface area contributed by atoms with Crippen LogP contribution in [-0.2, 0) is 6.42 Å². The Kier molecular flexibility index (Phi) is 7.70. The lowest BCUT2D eigenvalue weighted by molar-refractivity contribution is 0.102. The maximum absolute atomic E-state index is 12.7. The first kappa shape index (κ1) is 20.9. The van der Waals surface area contributed by atoms with Crippen molar-refractivity contribution in [1.82, 2.24) is 0 Å². The largest absolute Gasteiger partial charge is 0.493 e. The molecule has 5 heteroatoms. The summed E-state index contributed by atoms with van der Waals surface area (Å²) >= 11 is 3.42. The van der Waals surface area contributed by atoms with Gasteiger partial charge in [0.25, 0.3) is 5.91 Å². The molecule has 1 N–H and O–H groups in total. The van der Waals surface area contributed by atoms with Crippen LogP contribution in [0.4, 0.5) is 5.69 Å². The molecule has 0 saturated carbocycles. The molecule has 29 heavy (non-hydrogen) atoms. The van der Waals surface area contributed by atoms with Gasteiger partial charge in [0.05, 0.1) is 18.8 Å². The number of carbonyl (C=O) groups excluding carboxylic acids is 1. The van der Waals surface area contributed by atoms with Gasteiger partial charge in [0, 0.05) is 16.6 Å². The SMILES string of the molecule is CCCOc1ccc(Br)cc1C(=O)Nc1ccc(OCCc2ccccc2)cc1. The Labute approximate surface area is 180 Å². The second-order valence-corrected chi connectivity index (χ2v) is 7.47. The van der Waals surface area contributed by atoms with Crippen molar-refractivity contribution in [2.24, 2.45) is 0 Å². The summed E-state index contributed by atoms with van der Waals surface area (Å²) in [7, 11) is 0. The lowest BCUT2D eigenvalue weighted by Gasteiger charge is -2.12. The van der Waals surface area contributed by atoms with Crippen molar-refractivity contribution in [1.29, 1.82) is 0 Å². The minimum Gasteiger partial charge on any atom is -0.493 e. The number of amides is 1. The van der Waals surface area contributed by atoms with E-state index in [4.69, 9.17) is 9.47 Å². The highest BCUT2D eigenvalue weighted by Crippen LogP contribution is 2.25. The average molecular weight is 454 g/mol.